The first-order chi connectivity index (χ1) is 9.22. The lowest BCUT2D eigenvalue weighted by atomic mass is 9.83. The van der Waals surface area contributed by atoms with E-state index in [1.807, 2.05) is 18.7 Å². The summed E-state index contributed by atoms with van der Waals surface area (Å²) in [6, 6.07) is 0.646. The molecule has 1 fully saturated rings. The molecule has 0 aliphatic heterocycles. The van der Waals surface area contributed by atoms with Crippen molar-refractivity contribution in [2.45, 2.75) is 68.5 Å². The van der Waals surface area contributed by atoms with Gasteiger partial charge in [0.05, 0.1) is 0 Å². The van der Waals surface area contributed by atoms with Gasteiger partial charge < -0.3 is 5.32 Å². The van der Waals surface area contributed by atoms with Crippen LogP contribution in [0.3, 0.4) is 0 Å². The van der Waals surface area contributed by atoms with Gasteiger partial charge in [-0.3, -0.25) is 0 Å². The normalized spacial score (nSPS) is 27.6. The first kappa shape index (κ1) is 15.3. The number of nitrogens with zero attached hydrogens (tertiary/aromatic N) is 2. The van der Waals surface area contributed by atoms with Crippen LogP contribution < -0.4 is 5.32 Å². The van der Waals surface area contributed by atoms with E-state index in [0.29, 0.717) is 11.3 Å². The van der Waals surface area contributed by atoms with Crippen LogP contribution in [-0.2, 0) is 0 Å². The van der Waals surface area contributed by atoms with Crippen LogP contribution in [0.2, 0.25) is 0 Å². The number of rotatable bonds is 6. The maximum Gasteiger partial charge on any atom is 0.170 e. The average Bonchev–Trinajstić information content (AvgIpc) is 2.79. The number of hydrogen-bond acceptors (Lipinski definition) is 5. The van der Waals surface area contributed by atoms with Crippen LogP contribution in [0, 0.1) is 12.8 Å². The molecule has 3 atom stereocenters. The first-order valence-electron chi connectivity index (χ1n) is 7.43. The van der Waals surface area contributed by atoms with Gasteiger partial charge in [-0.25, -0.2) is 4.98 Å². The summed E-state index contributed by atoms with van der Waals surface area (Å²) in [4.78, 5) is 4.51. The molecule has 0 radical (unpaired) electrons. The van der Waals surface area contributed by atoms with Crippen LogP contribution in [0.1, 0.15) is 51.8 Å². The highest BCUT2D eigenvalue weighted by molar-refractivity contribution is 8.01. The van der Waals surface area contributed by atoms with Crippen LogP contribution in [0.25, 0.3) is 0 Å². The number of aromatic nitrogens is 2. The first-order valence-corrected chi connectivity index (χ1v) is 9.08. The van der Waals surface area contributed by atoms with Gasteiger partial charge in [-0.2, -0.15) is 4.37 Å². The second-order valence-corrected chi connectivity index (χ2v) is 7.63. The van der Waals surface area contributed by atoms with Crippen molar-refractivity contribution in [3.05, 3.63) is 5.82 Å². The Morgan fingerprint density at radius 3 is 2.84 bits per heavy atom. The van der Waals surface area contributed by atoms with Crippen molar-refractivity contribution < 1.29 is 0 Å². The third kappa shape index (κ3) is 4.43. The highest BCUT2D eigenvalue weighted by atomic mass is 32.2. The predicted octanol–water partition coefficient (Wildman–Crippen LogP) is 3.89. The Hall–Kier alpha value is -0.130. The zero-order chi connectivity index (χ0) is 13.7. The van der Waals surface area contributed by atoms with Gasteiger partial charge in [-0.15, -0.1) is 0 Å². The van der Waals surface area contributed by atoms with E-state index >= 15 is 0 Å². The van der Waals surface area contributed by atoms with E-state index in [1.165, 1.54) is 32.1 Å². The van der Waals surface area contributed by atoms with Crippen LogP contribution in [0.4, 0.5) is 0 Å². The smallest absolute Gasteiger partial charge is 0.170 e. The topological polar surface area (TPSA) is 37.8 Å². The Bertz CT molecular complexity index is 381. The predicted molar refractivity (Wildman–Crippen MR) is 84.0 cm³/mol. The van der Waals surface area contributed by atoms with Crippen molar-refractivity contribution in [1.82, 2.24) is 14.7 Å². The van der Waals surface area contributed by atoms with E-state index in [1.54, 1.807) is 11.5 Å². The summed E-state index contributed by atoms with van der Waals surface area (Å²) in [6.07, 6.45) is 6.72. The van der Waals surface area contributed by atoms with Crippen LogP contribution in [0.15, 0.2) is 4.34 Å². The lowest BCUT2D eigenvalue weighted by Crippen LogP contribution is -2.42. The molecule has 1 N–H and O–H groups in total. The quantitative estimate of drug-likeness (QED) is 0.865. The van der Waals surface area contributed by atoms with Crippen molar-refractivity contribution in [2.75, 3.05) is 6.54 Å². The molecule has 108 valence electrons. The molecule has 0 bridgehead atoms. The van der Waals surface area contributed by atoms with Gasteiger partial charge in [0.25, 0.3) is 0 Å². The molecule has 1 aliphatic carbocycles. The molecule has 0 spiro atoms. The van der Waals surface area contributed by atoms with Crippen molar-refractivity contribution >= 4 is 23.3 Å². The van der Waals surface area contributed by atoms with Crippen LogP contribution >= 0.6 is 23.3 Å². The van der Waals surface area contributed by atoms with E-state index in [0.717, 1.165) is 22.6 Å². The highest BCUT2D eigenvalue weighted by Gasteiger charge is 2.31. The van der Waals surface area contributed by atoms with E-state index in [2.05, 4.69) is 28.5 Å². The van der Waals surface area contributed by atoms with Crippen molar-refractivity contribution in [1.29, 1.82) is 0 Å². The Morgan fingerprint density at radius 2 is 2.21 bits per heavy atom. The minimum absolute atomic E-state index is 0.646. The van der Waals surface area contributed by atoms with Gasteiger partial charge >= 0.3 is 0 Å². The number of nitrogens with one attached hydrogen (secondary N) is 1. The average molecular weight is 300 g/mol. The van der Waals surface area contributed by atoms with E-state index in [-0.39, 0.29) is 0 Å². The summed E-state index contributed by atoms with van der Waals surface area (Å²) >= 11 is 3.50. The van der Waals surface area contributed by atoms with Gasteiger partial charge in [0.15, 0.2) is 4.34 Å². The molecule has 1 aromatic heterocycles. The lowest BCUT2D eigenvalue weighted by molar-refractivity contribution is 0.289. The molecule has 2 rings (SSSR count). The molecule has 1 aromatic rings. The third-order valence-electron chi connectivity index (χ3n) is 3.82. The number of aryl methyl sites for hydroxylation is 1. The molecule has 5 heteroatoms. The molecule has 3 unspecified atom stereocenters. The standard InChI is InChI=1S/C14H25N3S2/c1-4-6-11-7-8-12(15-5-2)13(9-11)18-14-16-10(3)17-19-14/h11-13,15H,4-9H2,1-3H3. The number of hydrogen-bond donors (Lipinski definition) is 1. The molecule has 3 nitrogen and oxygen atoms in total. The maximum atomic E-state index is 4.51. The third-order valence-corrected chi connectivity index (χ3v) is 6.06. The summed E-state index contributed by atoms with van der Waals surface area (Å²) in [6.45, 7) is 7.54. The van der Waals surface area contributed by atoms with Crippen LogP contribution in [0.5, 0.6) is 0 Å². The Morgan fingerprint density at radius 1 is 1.37 bits per heavy atom. The Kier molecular flexibility index (Phi) is 6.10. The van der Waals surface area contributed by atoms with Gasteiger partial charge in [0, 0.05) is 11.3 Å². The summed E-state index contributed by atoms with van der Waals surface area (Å²) in [5, 5.41) is 4.32. The zero-order valence-electron chi connectivity index (χ0n) is 12.2. The second kappa shape index (κ2) is 7.60. The van der Waals surface area contributed by atoms with E-state index in [9.17, 15) is 0 Å². The van der Waals surface area contributed by atoms with E-state index in [4.69, 9.17) is 0 Å². The Balaban J connectivity index is 1.98. The molecule has 0 saturated heterocycles. The minimum Gasteiger partial charge on any atom is -0.313 e. The molecular formula is C14H25N3S2. The summed E-state index contributed by atoms with van der Waals surface area (Å²) in [5.41, 5.74) is 0. The summed E-state index contributed by atoms with van der Waals surface area (Å²) in [7, 11) is 0. The van der Waals surface area contributed by atoms with Crippen LogP contribution in [-0.4, -0.2) is 27.2 Å². The molecule has 0 amide bonds. The molecule has 1 heterocycles. The van der Waals surface area contributed by atoms with Crippen molar-refractivity contribution in [3.8, 4) is 0 Å². The van der Waals surface area contributed by atoms with Gasteiger partial charge in [-0.1, -0.05) is 38.5 Å². The van der Waals surface area contributed by atoms with E-state index < -0.39 is 0 Å². The molecule has 19 heavy (non-hydrogen) atoms. The lowest BCUT2D eigenvalue weighted by Gasteiger charge is -2.35. The SMILES string of the molecule is CCCC1CCC(NCC)C(Sc2nc(C)ns2)C1. The number of thioether (sulfide) groups is 1. The molecule has 0 aromatic carbocycles. The van der Waals surface area contributed by atoms with Gasteiger partial charge in [0.1, 0.15) is 5.82 Å². The molecule has 1 saturated carbocycles. The highest BCUT2D eigenvalue weighted by Crippen LogP contribution is 2.38. The largest absolute Gasteiger partial charge is 0.313 e. The van der Waals surface area contributed by atoms with Crippen molar-refractivity contribution in [3.63, 3.8) is 0 Å². The fourth-order valence-electron chi connectivity index (χ4n) is 2.96. The molecule has 1 aliphatic rings. The summed E-state index contributed by atoms with van der Waals surface area (Å²) in [5.74, 6) is 1.82. The van der Waals surface area contributed by atoms with Gasteiger partial charge in [-0.05, 0) is 50.2 Å². The van der Waals surface area contributed by atoms with Gasteiger partial charge in [0.2, 0.25) is 0 Å². The second-order valence-electron chi connectivity index (χ2n) is 5.40. The fourth-order valence-corrected chi connectivity index (χ4v) is 5.25. The monoisotopic (exact) mass is 299 g/mol. The minimum atomic E-state index is 0.646. The maximum absolute atomic E-state index is 4.51. The Labute approximate surface area is 125 Å². The summed E-state index contributed by atoms with van der Waals surface area (Å²) < 4.78 is 5.44. The molecular weight excluding hydrogens is 274 g/mol. The fraction of sp³-hybridized carbons (Fsp3) is 0.857. The van der Waals surface area contributed by atoms with Crippen molar-refractivity contribution in [2.24, 2.45) is 5.92 Å². The zero-order valence-corrected chi connectivity index (χ0v) is 13.8.